The molecule has 0 bridgehead atoms. The minimum atomic E-state index is 0. The summed E-state index contributed by atoms with van der Waals surface area (Å²) < 4.78 is 16.6. The van der Waals surface area contributed by atoms with Crippen LogP contribution in [0.3, 0.4) is 0 Å². The van der Waals surface area contributed by atoms with E-state index in [9.17, 15) is 0 Å². The largest absolute Gasteiger partial charge is 0.493 e. The first-order valence-corrected chi connectivity index (χ1v) is 9.21. The summed E-state index contributed by atoms with van der Waals surface area (Å²) in [5.41, 5.74) is 7.20. The van der Waals surface area contributed by atoms with Crippen molar-refractivity contribution in [2.45, 2.75) is 46.3 Å². The standard InChI is InChI=1S/C20H33N3O3.HI/c1-20(2,3)18-15(7-6-10-26-18)13-23-19(21)22-12-14-8-9-16(24-4)17(11-14)25-5;/h8-9,11,15,18H,6-7,10,12-13H2,1-5H3,(H3,21,22,23);1H. The van der Waals surface area contributed by atoms with Crippen molar-refractivity contribution in [3.05, 3.63) is 23.8 Å². The van der Waals surface area contributed by atoms with Crippen LogP contribution in [0.4, 0.5) is 0 Å². The van der Waals surface area contributed by atoms with Crippen LogP contribution in [0.2, 0.25) is 0 Å². The number of hydrogen-bond donors (Lipinski definition) is 2. The molecule has 27 heavy (non-hydrogen) atoms. The van der Waals surface area contributed by atoms with Gasteiger partial charge in [0.25, 0.3) is 0 Å². The van der Waals surface area contributed by atoms with Gasteiger partial charge in [0.05, 0.1) is 26.9 Å². The van der Waals surface area contributed by atoms with E-state index in [1.807, 2.05) is 18.2 Å². The zero-order valence-electron chi connectivity index (χ0n) is 17.1. The highest BCUT2D eigenvalue weighted by atomic mass is 127. The van der Waals surface area contributed by atoms with Gasteiger partial charge >= 0.3 is 0 Å². The Morgan fingerprint density at radius 2 is 1.96 bits per heavy atom. The Bertz CT molecular complexity index is 617. The Labute approximate surface area is 180 Å². The molecule has 1 aromatic rings. The third kappa shape index (κ3) is 7.03. The maximum absolute atomic E-state index is 6.06. The monoisotopic (exact) mass is 491 g/mol. The highest BCUT2D eigenvalue weighted by molar-refractivity contribution is 14.0. The number of rotatable bonds is 6. The molecule has 1 saturated heterocycles. The predicted octanol–water partition coefficient (Wildman–Crippen LogP) is 3.57. The Morgan fingerprint density at radius 3 is 2.59 bits per heavy atom. The number of hydrogen-bond acceptors (Lipinski definition) is 4. The van der Waals surface area contributed by atoms with Gasteiger partial charge in [-0.15, -0.1) is 24.0 Å². The first kappa shape index (κ1) is 23.8. The second-order valence-electron chi connectivity index (χ2n) is 7.83. The quantitative estimate of drug-likeness (QED) is 0.362. The molecule has 0 amide bonds. The number of methoxy groups -OCH3 is 2. The van der Waals surface area contributed by atoms with Gasteiger partial charge in [0.15, 0.2) is 17.5 Å². The summed E-state index contributed by atoms with van der Waals surface area (Å²) in [6, 6.07) is 5.75. The lowest BCUT2D eigenvalue weighted by Gasteiger charge is -2.40. The lowest BCUT2D eigenvalue weighted by atomic mass is 9.78. The van der Waals surface area contributed by atoms with E-state index >= 15 is 0 Å². The van der Waals surface area contributed by atoms with Crippen LogP contribution in [0.5, 0.6) is 11.5 Å². The van der Waals surface area contributed by atoms with Crippen LogP contribution in [-0.4, -0.2) is 39.4 Å². The lowest BCUT2D eigenvalue weighted by Crippen LogP contribution is -2.46. The Kier molecular flexibility index (Phi) is 9.66. The summed E-state index contributed by atoms with van der Waals surface area (Å²) in [5.74, 6) is 2.30. The summed E-state index contributed by atoms with van der Waals surface area (Å²) in [5, 5.41) is 3.27. The number of nitrogens with zero attached hydrogens (tertiary/aromatic N) is 1. The van der Waals surface area contributed by atoms with E-state index in [1.54, 1.807) is 14.2 Å². The van der Waals surface area contributed by atoms with Crippen LogP contribution in [-0.2, 0) is 11.3 Å². The van der Waals surface area contributed by atoms with Crippen LogP contribution < -0.4 is 20.5 Å². The summed E-state index contributed by atoms with van der Waals surface area (Å²) in [4.78, 5) is 4.44. The van der Waals surface area contributed by atoms with Gasteiger partial charge in [-0.1, -0.05) is 26.8 Å². The average molecular weight is 491 g/mol. The number of nitrogens with two attached hydrogens (primary N) is 1. The highest BCUT2D eigenvalue weighted by Crippen LogP contribution is 2.33. The van der Waals surface area contributed by atoms with Crippen molar-refractivity contribution in [3.63, 3.8) is 0 Å². The van der Waals surface area contributed by atoms with E-state index in [4.69, 9.17) is 19.9 Å². The summed E-state index contributed by atoms with van der Waals surface area (Å²) >= 11 is 0. The normalized spacial score (nSPS) is 20.6. The second-order valence-corrected chi connectivity index (χ2v) is 7.83. The molecule has 0 aromatic heterocycles. The third-order valence-electron chi connectivity index (χ3n) is 4.72. The summed E-state index contributed by atoms with van der Waals surface area (Å²) in [6.45, 7) is 8.80. The summed E-state index contributed by atoms with van der Waals surface area (Å²) in [7, 11) is 3.25. The molecule has 0 saturated carbocycles. The molecule has 1 heterocycles. The Morgan fingerprint density at radius 1 is 1.26 bits per heavy atom. The fourth-order valence-electron chi connectivity index (χ4n) is 3.46. The van der Waals surface area contributed by atoms with Gasteiger partial charge in [-0.05, 0) is 36.0 Å². The first-order valence-electron chi connectivity index (χ1n) is 9.21. The molecule has 7 heteroatoms. The van der Waals surface area contributed by atoms with E-state index in [0.29, 0.717) is 29.9 Å². The van der Waals surface area contributed by atoms with E-state index in [-0.39, 0.29) is 35.5 Å². The van der Waals surface area contributed by atoms with E-state index in [2.05, 4.69) is 31.1 Å². The molecule has 2 rings (SSSR count). The zero-order valence-corrected chi connectivity index (χ0v) is 19.4. The van der Waals surface area contributed by atoms with Gasteiger partial charge in [0.2, 0.25) is 0 Å². The number of benzene rings is 1. The molecular formula is C20H34IN3O3. The molecule has 0 radical (unpaired) electrons. The van der Waals surface area contributed by atoms with Crippen molar-refractivity contribution in [1.82, 2.24) is 5.32 Å². The fourth-order valence-corrected chi connectivity index (χ4v) is 3.46. The minimum Gasteiger partial charge on any atom is -0.493 e. The molecule has 1 aliphatic heterocycles. The van der Waals surface area contributed by atoms with Crippen LogP contribution in [0.15, 0.2) is 23.2 Å². The SMILES string of the molecule is COc1ccc(CN=C(N)NCC2CCCOC2C(C)(C)C)cc1OC.I. The van der Waals surface area contributed by atoms with E-state index < -0.39 is 0 Å². The van der Waals surface area contributed by atoms with Gasteiger partial charge in [0, 0.05) is 19.1 Å². The molecule has 1 aromatic carbocycles. The molecule has 2 unspecified atom stereocenters. The maximum Gasteiger partial charge on any atom is 0.188 e. The van der Waals surface area contributed by atoms with Crippen molar-refractivity contribution < 1.29 is 14.2 Å². The lowest BCUT2D eigenvalue weighted by molar-refractivity contribution is -0.0835. The number of guanidine groups is 1. The van der Waals surface area contributed by atoms with Crippen molar-refractivity contribution in [2.24, 2.45) is 22.1 Å². The van der Waals surface area contributed by atoms with Gasteiger partial charge in [-0.2, -0.15) is 0 Å². The molecule has 154 valence electrons. The molecule has 1 aliphatic rings. The van der Waals surface area contributed by atoms with Gasteiger partial charge in [0.1, 0.15) is 0 Å². The molecule has 0 aliphatic carbocycles. The number of halogens is 1. The average Bonchev–Trinajstić information content (AvgIpc) is 2.63. The smallest absolute Gasteiger partial charge is 0.188 e. The highest BCUT2D eigenvalue weighted by Gasteiger charge is 2.35. The molecule has 0 spiro atoms. The van der Waals surface area contributed by atoms with Gasteiger partial charge < -0.3 is 25.3 Å². The minimum absolute atomic E-state index is 0. The van der Waals surface area contributed by atoms with E-state index in [0.717, 1.165) is 31.6 Å². The topological polar surface area (TPSA) is 78.1 Å². The van der Waals surface area contributed by atoms with E-state index in [1.165, 1.54) is 0 Å². The predicted molar refractivity (Wildman–Crippen MR) is 120 cm³/mol. The van der Waals surface area contributed by atoms with Crippen LogP contribution in [0.1, 0.15) is 39.2 Å². The maximum atomic E-state index is 6.06. The van der Waals surface area contributed by atoms with Crippen molar-refractivity contribution in [2.75, 3.05) is 27.4 Å². The van der Waals surface area contributed by atoms with Crippen LogP contribution in [0.25, 0.3) is 0 Å². The molecule has 6 nitrogen and oxygen atoms in total. The molecule has 3 N–H and O–H groups in total. The van der Waals surface area contributed by atoms with Crippen LogP contribution >= 0.6 is 24.0 Å². The molecular weight excluding hydrogens is 457 g/mol. The second kappa shape index (κ2) is 10.9. The number of aliphatic imine (C=N–C) groups is 1. The van der Waals surface area contributed by atoms with Gasteiger partial charge in [-0.25, -0.2) is 4.99 Å². The number of nitrogens with one attached hydrogen (secondary N) is 1. The third-order valence-corrected chi connectivity index (χ3v) is 4.72. The Balaban J connectivity index is 0.00000364. The molecule has 2 atom stereocenters. The van der Waals surface area contributed by atoms with Crippen LogP contribution in [0, 0.1) is 11.3 Å². The van der Waals surface area contributed by atoms with Crippen molar-refractivity contribution in [3.8, 4) is 11.5 Å². The Hall–Kier alpha value is -1.22. The molecule has 1 fully saturated rings. The van der Waals surface area contributed by atoms with Crippen molar-refractivity contribution in [1.29, 1.82) is 0 Å². The zero-order chi connectivity index (χ0) is 19.2. The summed E-state index contributed by atoms with van der Waals surface area (Å²) in [6.07, 6.45) is 2.49. The van der Waals surface area contributed by atoms with Crippen molar-refractivity contribution >= 4 is 29.9 Å². The van der Waals surface area contributed by atoms with Gasteiger partial charge in [-0.3, -0.25) is 0 Å². The number of ether oxygens (including phenoxy) is 3. The fraction of sp³-hybridized carbons (Fsp3) is 0.650. The first-order chi connectivity index (χ1) is 12.3.